The summed E-state index contributed by atoms with van der Waals surface area (Å²) in [6.45, 7) is 6.22. The Morgan fingerprint density at radius 1 is 1.08 bits per heavy atom. The molecule has 0 radical (unpaired) electrons. The van der Waals surface area contributed by atoms with E-state index in [0.29, 0.717) is 12.5 Å². The zero-order valence-corrected chi connectivity index (χ0v) is 15.4. The Bertz CT molecular complexity index is 1050. The second-order valence-corrected chi connectivity index (χ2v) is 7.37. The van der Waals surface area contributed by atoms with Crippen LogP contribution < -0.4 is 5.73 Å². The summed E-state index contributed by atoms with van der Waals surface area (Å²) < 4.78 is 2.39. The molecule has 4 aromatic rings. The van der Waals surface area contributed by atoms with E-state index in [-0.39, 0.29) is 0 Å². The summed E-state index contributed by atoms with van der Waals surface area (Å²) in [4.78, 5) is 4.25. The van der Waals surface area contributed by atoms with E-state index in [1.807, 2.05) is 12.4 Å². The maximum absolute atomic E-state index is 5.83. The van der Waals surface area contributed by atoms with Crippen LogP contribution in [0.2, 0.25) is 0 Å². The largest absolute Gasteiger partial charge is 0.347 e. The zero-order chi connectivity index (χ0) is 18.1. The van der Waals surface area contributed by atoms with Gasteiger partial charge in [0.25, 0.3) is 0 Å². The molecule has 26 heavy (non-hydrogen) atoms. The van der Waals surface area contributed by atoms with Gasteiger partial charge in [-0.15, -0.1) is 0 Å². The van der Waals surface area contributed by atoms with Gasteiger partial charge in [-0.1, -0.05) is 44.2 Å². The van der Waals surface area contributed by atoms with Crippen LogP contribution in [-0.2, 0) is 13.0 Å². The predicted octanol–water partition coefficient (Wildman–Crippen LogP) is 5.01. The van der Waals surface area contributed by atoms with Gasteiger partial charge in [-0.05, 0) is 53.1 Å². The van der Waals surface area contributed by atoms with Crippen LogP contribution in [0.1, 0.15) is 19.4 Å². The maximum atomic E-state index is 5.83. The van der Waals surface area contributed by atoms with E-state index in [4.69, 9.17) is 5.73 Å². The third-order valence-corrected chi connectivity index (χ3v) is 4.93. The smallest absolute Gasteiger partial charge is 0.0489 e. The molecular formula is C23H25N3. The van der Waals surface area contributed by atoms with Crippen molar-refractivity contribution in [1.29, 1.82) is 0 Å². The van der Waals surface area contributed by atoms with Gasteiger partial charge in [-0.3, -0.25) is 4.98 Å². The van der Waals surface area contributed by atoms with E-state index in [2.05, 4.69) is 72.1 Å². The fraction of sp³-hybridized carbons (Fsp3) is 0.261. The van der Waals surface area contributed by atoms with Crippen molar-refractivity contribution in [2.45, 2.75) is 26.8 Å². The topological polar surface area (TPSA) is 43.8 Å². The molecule has 0 unspecified atom stereocenters. The van der Waals surface area contributed by atoms with Crippen molar-refractivity contribution in [3.8, 4) is 11.1 Å². The molecule has 0 aliphatic carbocycles. The van der Waals surface area contributed by atoms with Crippen molar-refractivity contribution in [1.82, 2.24) is 9.55 Å². The minimum atomic E-state index is 0.601. The van der Waals surface area contributed by atoms with Crippen LogP contribution in [0.25, 0.3) is 32.8 Å². The molecule has 0 aliphatic rings. The summed E-state index contributed by atoms with van der Waals surface area (Å²) in [5.41, 5.74) is 11.0. The number of nitrogens with zero attached hydrogens (tertiary/aromatic N) is 2. The number of fused-ring (bicyclic) bond motifs is 2. The number of rotatable bonds is 5. The summed E-state index contributed by atoms with van der Waals surface area (Å²) in [6.07, 6.45) is 7.00. The average Bonchev–Trinajstić information content (AvgIpc) is 2.98. The molecule has 0 atom stereocenters. The summed E-state index contributed by atoms with van der Waals surface area (Å²) in [5.74, 6) is 0.601. The lowest BCUT2D eigenvalue weighted by Gasteiger charge is -2.11. The highest BCUT2D eigenvalue weighted by Crippen LogP contribution is 2.32. The van der Waals surface area contributed by atoms with E-state index in [0.717, 1.165) is 13.0 Å². The van der Waals surface area contributed by atoms with Crippen LogP contribution in [0.5, 0.6) is 0 Å². The lowest BCUT2D eigenvalue weighted by atomic mass is 9.98. The van der Waals surface area contributed by atoms with Crippen molar-refractivity contribution >= 4 is 21.7 Å². The molecule has 0 saturated carbocycles. The molecule has 0 fully saturated rings. The minimum Gasteiger partial charge on any atom is -0.347 e. The molecule has 0 aliphatic heterocycles. The lowest BCUT2D eigenvalue weighted by molar-refractivity contribution is 0.534. The van der Waals surface area contributed by atoms with Gasteiger partial charge in [0, 0.05) is 41.4 Å². The molecule has 0 amide bonds. The summed E-state index contributed by atoms with van der Waals surface area (Å²) >= 11 is 0. The van der Waals surface area contributed by atoms with Gasteiger partial charge in [0.05, 0.1) is 0 Å². The first kappa shape index (κ1) is 16.8. The van der Waals surface area contributed by atoms with Gasteiger partial charge in [0.15, 0.2) is 0 Å². The second-order valence-electron chi connectivity index (χ2n) is 7.37. The van der Waals surface area contributed by atoms with E-state index in [1.165, 1.54) is 38.4 Å². The normalized spacial score (nSPS) is 11.7. The maximum Gasteiger partial charge on any atom is 0.0489 e. The first-order valence-corrected chi connectivity index (χ1v) is 9.32. The van der Waals surface area contributed by atoms with E-state index < -0.39 is 0 Å². The predicted molar refractivity (Wildman–Crippen MR) is 110 cm³/mol. The summed E-state index contributed by atoms with van der Waals surface area (Å²) in [7, 11) is 0. The SMILES string of the molecule is CC(C)Cn1cc(CCN)c2ccc(-c3cccc4cnccc34)cc21. The highest BCUT2D eigenvalue weighted by Gasteiger charge is 2.12. The number of hydrogen-bond donors (Lipinski definition) is 1. The second kappa shape index (κ2) is 6.93. The standard InChI is InChI=1S/C23H25N3/c1-16(2)14-26-15-19(8-10-24)22-7-6-17(12-23(22)26)20-5-3-4-18-13-25-11-9-21(18)20/h3-7,9,11-13,15-16H,8,10,14,24H2,1-2H3. The number of benzene rings is 2. The van der Waals surface area contributed by atoms with Gasteiger partial charge in [-0.2, -0.15) is 0 Å². The fourth-order valence-corrected chi connectivity index (χ4v) is 3.81. The molecule has 0 bridgehead atoms. The highest BCUT2D eigenvalue weighted by molar-refractivity contribution is 5.98. The van der Waals surface area contributed by atoms with Crippen molar-refractivity contribution in [2.75, 3.05) is 6.54 Å². The molecule has 2 heterocycles. The number of nitrogens with two attached hydrogens (primary N) is 1. The van der Waals surface area contributed by atoms with Crippen LogP contribution >= 0.6 is 0 Å². The Morgan fingerprint density at radius 3 is 2.77 bits per heavy atom. The summed E-state index contributed by atoms with van der Waals surface area (Å²) in [5, 5.41) is 3.74. The van der Waals surface area contributed by atoms with Gasteiger partial charge in [0.1, 0.15) is 0 Å². The van der Waals surface area contributed by atoms with Crippen molar-refractivity contribution in [3.63, 3.8) is 0 Å². The van der Waals surface area contributed by atoms with Crippen LogP contribution in [-0.4, -0.2) is 16.1 Å². The molecular weight excluding hydrogens is 318 g/mol. The number of hydrogen-bond acceptors (Lipinski definition) is 2. The van der Waals surface area contributed by atoms with Gasteiger partial charge in [-0.25, -0.2) is 0 Å². The van der Waals surface area contributed by atoms with E-state index in [9.17, 15) is 0 Å². The Balaban J connectivity index is 1.91. The highest BCUT2D eigenvalue weighted by atomic mass is 15.0. The molecule has 132 valence electrons. The van der Waals surface area contributed by atoms with Crippen LogP contribution in [0, 0.1) is 5.92 Å². The minimum absolute atomic E-state index is 0.601. The monoisotopic (exact) mass is 343 g/mol. The third kappa shape index (κ3) is 2.99. The first-order chi connectivity index (χ1) is 12.7. The van der Waals surface area contributed by atoms with Crippen LogP contribution in [0.15, 0.2) is 61.1 Å². The molecule has 3 heteroatoms. The summed E-state index contributed by atoms with van der Waals surface area (Å²) in [6, 6.07) is 15.3. The molecule has 2 N–H and O–H groups in total. The third-order valence-electron chi connectivity index (χ3n) is 4.93. The van der Waals surface area contributed by atoms with Gasteiger partial charge in [0.2, 0.25) is 0 Å². The number of aromatic nitrogens is 2. The number of pyridine rings is 1. The average molecular weight is 343 g/mol. The first-order valence-electron chi connectivity index (χ1n) is 9.32. The van der Waals surface area contributed by atoms with Gasteiger partial charge >= 0.3 is 0 Å². The van der Waals surface area contributed by atoms with E-state index in [1.54, 1.807) is 0 Å². The van der Waals surface area contributed by atoms with Crippen LogP contribution in [0.4, 0.5) is 0 Å². The van der Waals surface area contributed by atoms with E-state index >= 15 is 0 Å². The quantitative estimate of drug-likeness (QED) is 0.553. The van der Waals surface area contributed by atoms with Crippen molar-refractivity contribution < 1.29 is 0 Å². The Labute approximate surface area is 154 Å². The molecule has 2 aromatic heterocycles. The molecule has 0 saturated heterocycles. The molecule has 4 rings (SSSR count). The lowest BCUT2D eigenvalue weighted by Crippen LogP contribution is -2.04. The molecule has 2 aromatic carbocycles. The van der Waals surface area contributed by atoms with Gasteiger partial charge < -0.3 is 10.3 Å². The Hall–Kier alpha value is -2.65. The van der Waals surface area contributed by atoms with Crippen LogP contribution in [0.3, 0.4) is 0 Å². The zero-order valence-electron chi connectivity index (χ0n) is 15.4. The van der Waals surface area contributed by atoms with Crippen molar-refractivity contribution in [3.05, 3.63) is 66.6 Å². The molecule has 3 nitrogen and oxygen atoms in total. The van der Waals surface area contributed by atoms with Crippen molar-refractivity contribution in [2.24, 2.45) is 11.7 Å². The Morgan fingerprint density at radius 2 is 1.96 bits per heavy atom. The fourth-order valence-electron chi connectivity index (χ4n) is 3.81. The molecule has 0 spiro atoms. The Kier molecular flexibility index (Phi) is 4.48.